The third-order valence-corrected chi connectivity index (χ3v) is 8.94. The molecule has 0 saturated carbocycles. The van der Waals surface area contributed by atoms with Crippen molar-refractivity contribution in [1.29, 1.82) is 5.26 Å². The molecule has 0 spiro atoms. The Morgan fingerprint density at radius 3 is 2.42 bits per heavy atom. The number of ether oxygens (including phenoxy) is 1. The molecule has 190 valence electrons. The normalized spacial score (nSPS) is 14.7. The first-order chi connectivity index (χ1) is 17.0. The summed E-state index contributed by atoms with van der Waals surface area (Å²) < 4.78 is 33.8. The number of hydrogen-bond acceptors (Lipinski definition) is 6. The average Bonchev–Trinajstić information content (AvgIpc) is 3.25. The molecule has 0 bridgehead atoms. The lowest BCUT2D eigenvalue weighted by Crippen LogP contribution is -2.32. The lowest BCUT2D eigenvalue weighted by molar-refractivity contribution is 0.103. The smallest absolute Gasteiger partial charge is 0.246 e. The third-order valence-electron chi connectivity index (χ3n) is 7.10. The first-order valence-electron chi connectivity index (χ1n) is 12.0. The number of ketones is 1. The molecule has 3 aromatic rings. The van der Waals surface area contributed by atoms with Gasteiger partial charge in [-0.3, -0.25) is 4.79 Å². The minimum atomic E-state index is -3.88. The Bertz CT molecular complexity index is 1490. The molecular weight excluding hydrogens is 476 g/mol. The van der Waals surface area contributed by atoms with Crippen LogP contribution in [-0.4, -0.2) is 68.7 Å². The predicted octanol–water partition coefficient (Wildman–Crippen LogP) is 3.88. The maximum atomic E-state index is 13.8. The van der Waals surface area contributed by atoms with Gasteiger partial charge in [-0.25, -0.2) is 12.7 Å². The number of carbonyl (C=O) groups excluding carboxylic acids is 1. The van der Waals surface area contributed by atoms with E-state index in [4.69, 9.17) is 4.74 Å². The fourth-order valence-corrected chi connectivity index (χ4v) is 5.87. The van der Waals surface area contributed by atoms with Gasteiger partial charge in [0.25, 0.3) is 0 Å². The van der Waals surface area contributed by atoms with Gasteiger partial charge in [-0.2, -0.15) is 5.26 Å². The number of H-pyrrole nitrogens is 1. The number of nitrogens with one attached hydrogen (secondary N) is 1. The van der Waals surface area contributed by atoms with Crippen LogP contribution in [0.15, 0.2) is 35.2 Å². The second-order valence-corrected chi connectivity index (χ2v) is 11.8. The molecule has 1 aliphatic rings. The number of sulfonamides is 1. The number of aromatic nitrogens is 1. The highest BCUT2D eigenvalue weighted by molar-refractivity contribution is 7.89. The minimum Gasteiger partial charge on any atom is -0.491 e. The fraction of sp³-hybridized carbons (Fsp3) is 0.407. The van der Waals surface area contributed by atoms with E-state index in [2.05, 4.69) is 29.8 Å². The first kappa shape index (κ1) is 25.9. The molecule has 36 heavy (non-hydrogen) atoms. The molecule has 0 unspecified atom stereocenters. The average molecular weight is 509 g/mol. The van der Waals surface area contributed by atoms with Crippen molar-refractivity contribution in [3.05, 3.63) is 58.3 Å². The van der Waals surface area contributed by atoms with Gasteiger partial charge in [0.1, 0.15) is 17.3 Å². The van der Waals surface area contributed by atoms with Crippen molar-refractivity contribution in [2.75, 3.05) is 40.3 Å². The van der Waals surface area contributed by atoms with Crippen LogP contribution in [0.25, 0.3) is 10.9 Å². The van der Waals surface area contributed by atoms with E-state index >= 15 is 0 Å². The summed E-state index contributed by atoms with van der Waals surface area (Å²) in [5, 5.41) is 10.0. The zero-order valence-corrected chi connectivity index (χ0v) is 22.4. The summed E-state index contributed by atoms with van der Waals surface area (Å²) >= 11 is 0. The molecule has 9 heteroatoms. The fourth-order valence-electron chi connectivity index (χ4n) is 4.84. The van der Waals surface area contributed by atoms with Gasteiger partial charge in [0.15, 0.2) is 5.78 Å². The van der Waals surface area contributed by atoms with Gasteiger partial charge in [-0.15, -0.1) is 0 Å². The van der Waals surface area contributed by atoms with E-state index in [1.165, 1.54) is 20.2 Å². The molecule has 8 nitrogen and oxygen atoms in total. The van der Waals surface area contributed by atoms with Crippen molar-refractivity contribution in [1.82, 2.24) is 14.2 Å². The SMILES string of the molecule is CCN(CC)CCOc1cc2c(cc1S(=O)(=O)N(C)C)C(=O)c1c([nH]c3cc(C#N)ccc13)C2(C)C. The van der Waals surface area contributed by atoms with E-state index in [9.17, 15) is 18.5 Å². The van der Waals surface area contributed by atoms with Gasteiger partial charge in [0.2, 0.25) is 10.0 Å². The molecule has 0 fully saturated rings. The molecule has 1 aromatic heterocycles. The van der Waals surface area contributed by atoms with E-state index in [0.717, 1.165) is 23.1 Å². The molecule has 1 N–H and O–H groups in total. The Labute approximate surface area is 212 Å². The number of rotatable bonds is 8. The van der Waals surface area contributed by atoms with Gasteiger partial charge in [-0.1, -0.05) is 33.8 Å². The van der Waals surface area contributed by atoms with Crippen LogP contribution in [0.3, 0.4) is 0 Å². The highest BCUT2D eigenvalue weighted by Gasteiger charge is 2.41. The first-order valence-corrected chi connectivity index (χ1v) is 13.5. The largest absolute Gasteiger partial charge is 0.491 e. The Kier molecular flexibility index (Phi) is 6.73. The van der Waals surface area contributed by atoms with Crippen LogP contribution in [-0.2, 0) is 15.4 Å². The van der Waals surface area contributed by atoms with Crippen LogP contribution in [0.1, 0.15) is 60.4 Å². The van der Waals surface area contributed by atoms with E-state index in [-0.39, 0.29) is 16.4 Å². The van der Waals surface area contributed by atoms with E-state index in [1.807, 2.05) is 13.8 Å². The minimum absolute atomic E-state index is 0.0231. The lowest BCUT2D eigenvalue weighted by atomic mass is 9.71. The third kappa shape index (κ3) is 4.09. The van der Waals surface area contributed by atoms with Gasteiger partial charge in [-0.05, 0) is 42.9 Å². The van der Waals surface area contributed by atoms with Crippen molar-refractivity contribution in [2.45, 2.75) is 38.0 Å². The second-order valence-electron chi connectivity index (χ2n) is 9.71. The molecule has 0 amide bonds. The van der Waals surface area contributed by atoms with Gasteiger partial charge < -0.3 is 14.6 Å². The number of carbonyl (C=O) groups is 1. The summed E-state index contributed by atoms with van der Waals surface area (Å²) in [5.74, 6) is -0.0120. The summed E-state index contributed by atoms with van der Waals surface area (Å²) in [4.78, 5) is 19.4. The quantitative estimate of drug-likeness (QED) is 0.495. The number of likely N-dealkylation sites (N-methyl/N-ethyl adjacent to an activating group) is 1. The van der Waals surface area contributed by atoms with Crippen LogP contribution in [0.2, 0.25) is 0 Å². The molecule has 0 aliphatic heterocycles. The number of hydrogen-bond donors (Lipinski definition) is 1. The number of nitriles is 1. The van der Waals surface area contributed by atoms with Crippen molar-refractivity contribution in [2.24, 2.45) is 0 Å². The molecule has 1 heterocycles. The Hall–Kier alpha value is -3.19. The summed E-state index contributed by atoms with van der Waals surface area (Å²) in [6, 6.07) is 10.5. The summed E-state index contributed by atoms with van der Waals surface area (Å²) in [5.41, 5.74) is 2.84. The Morgan fingerprint density at radius 1 is 1.11 bits per heavy atom. The van der Waals surface area contributed by atoms with Gasteiger partial charge in [0.05, 0.1) is 17.2 Å². The zero-order valence-electron chi connectivity index (χ0n) is 21.6. The highest BCUT2D eigenvalue weighted by Crippen LogP contribution is 2.46. The van der Waals surface area contributed by atoms with Crippen molar-refractivity contribution < 1.29 is 17.9 Å². The highest BCUT2D eigenvalue weighted by atomic mass is 32.2. The summed E-state index contributed by atoms with van der Waals surface area (Å²) in [7, 11) is -0.954. The van der Waals surface area contributed by atoms with Crippen LogP contribution in [0.4, 0.5) is 0 Å². The molecule has 0 radical (unpaired) electrons. The van der Waals surface area contributed by atoms with E-state index < -0.39 is 15.4 Å². The standard InChI is InChI=1S/C27H32N4O4S/c1-7-31(8-2)11-12-35-22-15-20-19(14-23(22)36(33,34)30(5)6)25(32)24-18-10-9-17(16-28)13-21(18)29-26(24)27(20,3)4/h9-10,13-15,29H,7-8,11-12H2,1-6H3. The van der Waals surface area contributed by atoms with Crippen LogP contribution >= 0.6 is 0 Å². The molecule has 0 saturated heterocycles. The summed E-state index contributed by atoms with van der Waals surface area (Å²) in [6.45, 7) is 10.8. The number of benzene rings is 2. The molecule has 2 aromatic carbocycles. The maximum absolute atomic E-state index is 13.8. The molecule has 4 rings (SSSR count). The zero-order chi connectivity index (χ0) is 26.4. The summed E-state index contributed by atoms with van der Waals surface area (Å²) in [6.07, 6.45) is 0. The number of aromatic amines is 1. The predicted molar refractivity (Wildman–Crippen MR) is 139 cm³/mol. The second kappa shape index (κ2) is 9.36. The van der Waals surface area contributed by atoms with E-state index in [0.29, 0.717) is 46.3 Å². The number of fused-ring (bicyclic) bond motifs is 4. The van der Waals surface area contributed by atoms with Crippen molar-refractivity contribution in [3.63, 3.8) is 0 Å². The van der Waals surface area contributed by atoms with Crippen LogP contribution in [0.5, 0.6) is 5.75 Å². The van der Waals surface area contributed by atoms with E-state index in [1.54, 1.807) is 24.3 Å². The maximum Gasteiger partial charge on any atom is 0.246 e. The molecule has 1 aliphatic carbocycles. The Morgan fingerprint density at radius 2 is 1.81 bits per heavy atom. The topological polar surface area (TPSA) is 106 Å². The van der Waals surface area contributed by atoms with Crippen molar-refractivity contribution >= 4 is 26.7 Å². The lowest BCUT2D eigenvalue weighted by Gasteiger charge is -2.33. The van der Waals surface area contributed by atoms with Crippen LogP contribution < -0.4 is 4.74 Å². The Balaban J connectivity index is 1.90. The van der Waals surface area contributed by atoms with Gasteiger partial charge >= 0.3 is 0 Å². The van der Waals surface area contributed by atoms with Crippen molar-refractivity contribution in [3.8, 4) is 11.8 Å². The monoisotopic (exact) mass is 508 g/mol. The molecule has 0 atom stereocenters. The molecular formula is C27H32N4O4S. The van der Waals surface area contributed by atoms with Crippen LogP contribution in [0, 0.1) is 11.3 Å². The van der Waals surface area contributed by atoms with Gasteiger partial charge in [0, 0.05) is 48.2 Å². The number of nitrogens with zero attached hydrogens (tertiary/aromatic N) is 3.